The SMILES string of the molecule is CC(=O)OC#CC1CC2=CC(O)[C@@H]3[C@@H](CC[C@]4(C)C(C#COC(C)=O)CC[C@@H]34)[C@@]2(C)CC1O. The molecule has 3 fully saturated rings. The molecule has 6 heteroatoms. The van der Waals surface area contributed by atoms with Crippen LogP contribution in [0.1, 0.15) is 66.2 Å². The first-order valence-corrected chi connectivity index (χ1v) is 12.0. The number of fused-ring (bicyclic) bond motifs is 5. The van der Waals surface area contributed by atoms with Gasteiger partial charge >= 0.3 is 11.9 Å². The Morgan fingerprint density at radius 2 is 1.67 bits per heavy atom. The van der Waals surface area contributed by atoms with Gasteiger partial charge in [-0.1, -0.05) is 37.3 Å². The lowest BCUT2D eigenvalue weighted by Crippen LogP contribution is -2.55. The highest BCUT2D eigenvalue weighted by Crippen LogP contribution is 2.66. The van der Waals surface area contributed by atoms with Gasteiger partial charge in [-0.2, -0.15) is 0 Å². The minimum atomic E-state index is -0.606. The molecule has 0 aliphatic heterocycles. The zero-order valence-electron chi connectivity index (χ0n) is 19.9. The van der Waals surface area contributed by atoms with Crippen molar-refractivity contribution in [1.82, 2.24) is 0 Å². The fourth-order valence-electron chi connectivity index (χ4n) is 7.43. The Morgan fingerprint density at radius 1 is 1.00 bits per heavy atom. The number of ether oxygens (including phenoxy) is 2. The largest absolute Gasteiger partial charge is 0.392 e. The van der Waals surface area contributed by atoms with Crippen molar-refractivity contribution >= 4 is 11.9 Å². The molecule has 9 atom stereocenters. The van der Waals surface area contributed by atoms with Crippen molar-refractivity contribution in [3.63, 3.8) is 0 Å². The molecule has 3 saturated carbocycles. The third-order valence-electron chi connectivity index (χ3n) is 9.06. The second-order valence-electron chi connectivity index (χ2n) is 10.8. The van der Waals surface area contributed by atoms with Gasteiger partial charge in [0.25, 0.3) is 0 Å². The van der Waals surface area contributed by atoms with Crippen LogP contribution in [0.5, 0.6) is 0 Å². The van der Waals surface area contributed by atoms with E-state index in [1.54, 1.807) is 0 Å². The molecule has 2 N–H and O–H groups in total. The molecule has 4 aliphatic carbocycles. The molecule has 0 amide bonds. The second-order valence-corrected chi connectivity index (χ2v) is 10.8. The number of hydrogen-bond acceptors (Lipinski definition) is 6. The highest BCUT2D eigenvalue weighted by molar-refractivity contribution is 5.67. The summed E-state index contributed by atoms with van der Waals surface area (Å²) in [7, 11) is 0. The Kier molecular flexibility index (Phi) is 6.38. The molecular formula is C27H34O6. The molecule has 4 rings (SSSR count). The van der Waals surface area contributed by atoms with Crippen LogP contribution in [-0.2, 0) is 19.1 Å². The normalized spacial score (nSPS) is 43.2. The van der Waals surface area contributed by atoms with Crippen LogP contribution in [0.2, 0.25) is 0 Å². The molecule has 0 aromatic carbocycles. The van der Waals surface area contributed by atoms with Crippen molar-refractivity contribution in [3.05, 3.63) is 11.6 Å². The Morgan fingerprint density at radius 3 is 2.33 bits per heavy atom. The number of hydrogen-bond donors (Lipinski definition) is 2. The van der Waals surface area contributed by atoms with Crippen molar-refractivity contribution in [1.29, 1.82) is 0 Å². The number of carbonyl (C=O) groups is 2. The predicted octanol–water partition coefficient (Wildman–Crippen LogP) is 3.17. The molecule has 0 spiro atoms. The molecule has 0 saturated heterocycles. The number of rotatable bonds is 0. The van der Waals surface area contributed by atoms with Crippen molar-refractivity contribution < 1.29 is 29.3 Å². The molecule has 4 aliphatic rings. The molecule has 0 heterocycles. The maximum atomic E-state index is 11.3. The van der Waals surface area contributed by atoms with Crippen LogP contribution in [-0.4, -0.2) is 34.4 Å². The summed E-state index contributed by atoms with van der Waals surface area (Å²) in [5, 5.41) is 22.2. The molecule has 33 heavy (non-hydrogen) atoms. The summed E-state index contributed by atoms with van der Waals surface area (Å²) in [6.45, 7) is 7.16. The fourth-order valence-corrected chi connectivity index (χ4v) is 7.43. The first-order valence-electron chi connectivity index (χ1n) is 12.0. The van der Waals surface area contributed by atoms with Crippen LogP contribution in [0.25, 0.3) is 0 Å². The highest BCUT2D eigenvalue weighted by Gasteiger charge is 2.61. The van der Waals surface area contributed by atoms with E-state index >= 15 is 0 Å². The Labute approximate surface area is 196 Å². The number of aliphatic hydroxyl groups excluding tert-OH is 2. The lowest BCUT2D eigenvalue weighted by atomic mass is 9.46. The van der Waals surface area contributed by atoms with Gasteiger partial charge in [0.2, 0.25) is 0 Å². The van der Waals surface area contributed by atoms with E-state index in [4.69, 9.17) is 9.47 Å². The molecule has 0 bridgehead atoms. The van der Waals surface area contributed by atoms with E-state index in [0.29, 0.717) is 18.8 Å². The van der Waals surface area contributed by atoms with Crippen molar-refractivity contribution in [2.24, 2.45) is 40.4 Å². The third-order valence-corrected chi connectivity index (χ3v) is 9.06. The van der Waals surface area contributed by atoms with Gasteiger partial charge in [0.05, 0.1) is 18.1 Å². The maximum absolute atomic E-state index is 11.3. The Balaban J connectivity index is 1.58. The number of aliphatic hydroxyl groups is 2. The quantitative estimate of drug-likeness (QED) is 0.332. The van der Waals surface area contributed by atoms with Gasteiger partial charge in [-0.15, -0.1) is 0 Å². The van der Waals surface area contributed by atoms with E-state index < -0.39 is 24.1 Å². The van der Waals surface area contributed by atoms with Crippen LogP contribution in [0.4, 0.5) is 0 Å². The first kappa shape index (κ1) is 23.9. The molecular weight excluding hydrogens is 420 g/mol. The van der Waals surface area contributed by atoms with Crippen LogP contribution >= 0.6 is 0 Å². The average molecular weight is 455 g/mol. The van der Waals surface area contributed by atoms with E-state index in [0.717, 1.165) is 31.3 Å². The molecule has 0 aromatic heterocycles. The molecule has 0 aromatic rings. The monoisotopic (exact) mass is 454 g/mol. The van der Waals surface area contributed by atoms with Crippen molar-refractivity contribution in [2.75, 3.05) is 0 Å². The zero-order chi connectivity index (χ0) is 24.0. The minimum absolute atomic E-state index is 0.0255. The van der Waals surface area contributed by atoms with Gasteiger partial charge in [0.15, 0.2) is 0 Å². The van der Waals surface area contributed by atoms with Crippen LogP contribution < -0.4 is 0 Å². The Hall–Kier alpha value is -2.28. The lowest BCUT2D eigenvalue weighted by molar-refractivity contribution is -0.135. The summed E-state index contributed by atoms with van der Waals surface area (Å²) in [6, 6.07) is 0. The summed E-state index contributed by atoms with van der Waals surface area (Å²) in [6.07, 6.45) is 11.0. The maximum Gasteiger partial charge on any atom is 0.316 e. The van der Waals surface area contributed by atoms with Gasteiger partial charge in [0.1, 0.15) is 12.2 Å². The zero-order valence-corrected chi connectivity index (χ0v) is 19.9. The lowest BCUT2D eigenvalue weighted by Gasteiger charge is -2.59. The predicted molar refractivity (Wildman–Crippen MR) is 121 cm³/mol. The van der Waals surface area contributed by atoms with E-state index in [1.165, 1.54) is 13.8 Å². The van der Waals surface area contributed by atoms with E-state index in [1.807, 2.05) is 6.08 Å². The summed E-state index contributed by atoms with van der Waals surface area (Å²) < 4.78 is 9.63. The van der Waals surface area contributed by atoms with Gasteiger partial charge in [0, 0.05) is 19.8 Å². The van der Waals surface area contributed by atoms with Crippen LogP contribution in [0.15, 0.2) is 11.6 Å². The molecule has 6 nitrogen and oxygen atoms in total. The highest BCUT2D eigenvalue weighted by atomic mass is 16.5. The molecule has 178 valence electrons. The van der Waals surface area contributed by atoms with Gasteiger partial charge in [-0.05, 0) is 67.1 Å². The number of allylic oxidation sites excluding steroid dienone is 1. The van der Waals surface area contributed by atoms with E-state index in [-0.39, 0.29) is 34.5 Å². The third kappa shape index (κ3) is 4.20. The van der Waals surface area contributed by atoms with Gasteiger partial charge in [-0.25, -0.2) is 0 Å². The average Bonchev–Trinajstić information content (AvgIpc) is 3.05. The van der Waals surface area contributed by atoms with Gasteiger partial charge in [-0.3, -0.25) is 9.59 Å². The van der Waals surface area contributed by atoms with Crippen LogP contribution in [0.3, 0.4) is 0 Å². The van der Waals surface area contributed by atoms with Gasteiger partial charge < -0.3 is 19.7 Å². The molecule has 0 radical (unpaired) electrons. The second kappa shape index (κ2) is 8.82. The summed E-state index contributed by atoms with van der Waals surface area (Å²) in [5.41, 5.74) is 0.949. The summed E-state index contributed by atoms with van der Waals surface area (Å²) in [5.74, 6) is 5.79. The first-order chi connectivity index (χ1) is 15.6. The standard InChI is InChI=1S/C27H34O6/c1-16(28)32-11-8-18-13-20-14-23(30)25-21-6-5-19(9-12-33-17(2)29)26(21,3)10-7-22(25)27(20,4)15-24(18)31/h14,18-19,21-25,30-31H,5-7,10,13,15H2,1-4H3/t18?,19?,21-,22+,23?,24?,25-,26+,27-/m0/s1. The minimum Gasteiger partial charge on any atom is -0.392 e. The fraction of sp³-hybridized carbons (Fsp3) is 0.704. The summed E-state index contributed by atoms with van der Waals surface area (Å²) in [4.78, 5) is 22.1. The number of esters is 2. The molecule has 4 unspecified atom stereocenters. The van der Waals surface area contributed by atoms with E-state index in [9.17, 15) is 19.8 Å². The Bertz CT molecular complexity index is 976. The van der Waals surface area contributed by atoms with Crippen LogP contribution in [0, 0.1) is 64.5 Å². The smallest absolute Gasteiger partial charge is 0.316 e. The van der Waals surface area contributed by atoms with E-state index in [2.05, 4.69) is 37.9 Å². The number of carbonyl (C=O) groups excluding carboxylic acids is 2. The summed E-state index contributed by atoms with van der Waals surface area (Å²) >= 11 is 0. The topological polar surface area (TPSA) is 93.1 Å². The van der Waals surface area contributed by atoms with Crippen molar-refractivity contribution in [3.8, 4) is 24.1 Å². The van der Waals surface area contributed by atoms with Crippen molar-refractivity contribution in [2.45, 2.75) is 78.4 Å².